The van der Waals surface area contributed by atoms with E-state index in [1.165, 1.54) is 18.2 Å². The van der Waals surface area contributed by atoms with Crippen LogP contribution >= 0.6 is 0 Å². The Labute approximate surface area is 144 Å². The lowest BCUT2D eigenvalue weighted by atomic mass is 9.92. The van der Waals surface area contributed by atoms with Gasteiger partial charge in [0.15, 0.2) is 0 Å². The van der Waals surface area contributed by atoms with Gasteiger partial charge in [-0.2, -0.15) is 0 Å². The molecule has 5 nitrogen and oxygen atoms in total. The third-order valence-corrected chi connectivity index (χ3v) is 6.17. The van der Waals surface area contributed by atoms with Crippen LogP contribution in [0.25, 0.3) is 0 Å². The van der Waals surface area contributed by atoms with Crippen molar-refractivity contribution in [1.82, 2.24) is 9.62 Å². The number of nitrogens with one attached hydrogen (secondary N) is 1. The lowest BCUT2D eigenvalue weighted by molar-refractivity contribution is 0.00297. The van der Waals surface area contributed by atoms with Crippen molar-refractivity contribution in [2.24, 2.45) is 5.92 Å². The Morgan fingerprint density at radius 2 is 1.83 bits per heavy atom. The van der Waals surface area contributed by atoms with Crippen molar-refractivity contribution in [3.05, 3.63) is 30.1 Å². The summed E-state index contributed by atoms with van der Waals surface area (Å²) in [6, 6.07) is 5.55. The highest BCUT2D eigenvalue weighted by Gasteiger charge is 2.29. The van der Waals surface area contributed by atoms with E-state index in [0.717, 1.165) is 32.0 Å². The maximum absolute atomic E-state index is 13.8. The zero-order valence-electron chi connectivity index (χ0n) is 14.4. The molecule has 7 heteroatoms. The predicted octanol–water partition coefficient (Wildman–Crippen LogP) is 2.24. The molecule has 1 saturated heterocycles. The van der Waals surface area contributed by atoms with Crippen molar-refractivity contribution in [3.8, 4) is 0 Å². The average molecular weight is 358 g/mol. The number of nitrogens with zero attached hydrogens (tertiary/aromatic N) is 1. The Bertz CT molecular complexity index is 614. The Morgan fingerprint density at radius 3 is 2.42 bits per heavy atom. The lowest BCUT2D eigenvalue weighted by Crippen LogP contribution is -2.52. The second-order valence-corrected chi connectivity index (χ2v) is 7.81. The van der Waals surface area contributed by atoms with E-state index in [1.807, 2.05) is 0 Å². The fourth-order valence-corrected chi connectivity index (χ4v) is 4.40. The van der Waals surface area contributed by atoms with Gasteiger partial charge in [-0.15, -0.1) is 0 Å². The van der Waals surface area contributed by atoms with Crippen molar-refractivity contribution in [3.63, 3.8) is 0 Å². The van der Waals surface area contributed by atoms with Crippen LogP contribution in [0.3, 0.4) is 0 Å². The van der Waals surface area contributed by atoms with Crippen molar-refractivity contribution in [2.45, 2.75) is 37.6 Å². The van der Waals surface area contributed by atoms with Gasteiger partial charge in [0.25, 0.3) is 0 Å². The Kier molecular flexibility index (Phi) is 7.16. The third-order valence-electron chi connectivity index (χ3n) is 4.72. The summed E-state index contributed by atoms with van der Waals surface area (Å²) in [7, 11) is -3.86. The quantitative estimate of drug-likeness (QED) is 0.774. The van der Waals surface area contributed by atoms with E-state index in [0.29, 0.717) is 19.1 Å². The first-order valence-corrected chi connectivity index (χ1v) is 10.0. The molecule has 0 radical (unpaired) electrons. The first kappa shape index (κ1) is 19.3. The molecule has 1 fully saturated rings. The molecule has 1 aromatic rings. The molecule has 1 N–H and O–H groups in total. The van der Waals surface area contributed by atoms with Crippen LogP contribution in [0.2, 0.25) is 0 Å². The highest BCUT2D eigenvalue weighted by molar-refractivity contribution is 7.89. The van der Waals surface area contributed by atoms with Gasteiger partial charge >= 0.3 is 0 Å². The summed E-state index contributed by atoms with van der Waals surface area (Å²) in [5, 5.41) is 0. The van der Waals surface area contributed by atoms with Crippen molar-refractivity contribution < 1.29 is 17.5 Å². The van der Waals surface area contributed by atoms with Crippen molar-refractivity contribution in [1.29, 1.82) is 0 Å². The van der Waals surface area contributed by atoms with E-state index in [9.17, 15) is 12.8 Å². The summed E-state index contributed by atoms with van der Waals surface area (Å²) in [6.45, 7) is 7.43. The standard InChI is InChI=1S/C17H27FN2O3S/c1-3-14(4-2)16(20-9-11-23-12-10-20)13-19-24(21,22)17-8-6-5-7-15(17)18/h5-8,14,16,19H,3-4,9-13H2,1-2H3. The van der Waals surface area contributed by atoms with Gasteiger partial charge in [0.05, 0.1) is 13.2 Å². The van der Waals surface area contributed by atoms with Crippen LogP contribution in [-0.4, -0.2) is 52.2 Å². The normalized spacial score (nSPS) is 18.0. The summed E-state index contributed by atoms with van der Waals surface area (Å²) < 4.78 is 46.7. The molecule has 1 aliphatic rings. The number of halogens is 1. The van der Waals surface area contributed by atoms with E-state index < -0.39 is 15.8 Å². The van der Waals surface area contributed by atoms with Gasteiger partial charge in [0.1, 0.15) is 10.7 Å². The first-order valence-electron chi connectivity index (χ1n) is 8.55. The Morgan fingerprint density at radius 1 is 1.21 bits per heavy atom. The molecule has 0 bridgehead atoms. The lowest BCUT2D eigenvalue weighted by Gasteiger charge is -2.38. The van der Waals surface area contributed by atoms with Gasteiger partial charge in [-0.1, -0.05) is 38.8 Å². The summed E-state index contributed by atoms with van der Waals surface area (Å²) in [5.41, 5.74) is 0. The Hall–Kier alpha value is -1.02. The topological polar surface area (TPSA) is 58.6 Å². The molecule has 1 heterocycles. The van der Waals surface area contributed by atoms with Crippen LogP contribution in [0.1, 0.15) is 26.7 Å². The Balaban J connectivity index is 2.13. The maximum atomic E-state index is 13.8. The molecule has 2 rings (SSSR count). The third kappa shape index (κ3) is 4.75. The number of rotatable bonds is 8. The predicted molar refractivity (Wildman–Crippen MR) is 91.8 cm³/mol. The second-order valence-electron chi connectivity index (χ2n) is 6.07. The van der Waals surface area contributed by atoms with Crippen LogP contribution in [0.15, 0.2) is 29.2 Å². The highest BCUT2D eigenvalue weighted by Crippen LogP contribution is 2.21. The first-order chi connectivity index (χ1) is 11.5. The molecule has 24 heavy (non-hydrogen) atoms. The molecule has 0 amide bonds. The van der Waals surface area contributed by atoms with Gasteiger partial charge < -0.3 is 4.74 Å². The van der Waals surface area contributed by atoms with Crippen LogP contribution in [0.4, 0.5) is 4.39 Å². The van der Waals surface area contributed by atoms with Gasteiger partial charge in [-0.05, 0) is 18.1 Å². The van der Waals surface area contributed by atoms with Gasteiger partial charge in [-0.3, -0.25) is 4.90 Å². The van der Waals surface area contributed by atoms with E-state index in [1.54, 1.807) is 0 Å². The van der Waals surface area contributed by atoms with Gasteiger partial charge in [-0.25, -0.2) is 17.5 Å². The van der Waals surface area contributed by atoms with E-state index in [2.05, 4.69) is 23.5 Å². The van der Waals surface area contributed by atoms with Crippen LogP contribution < -0.4 is 4.72 Å². The van der Waals surface area contributed by atoms with E-state index >= 15 is 0 Å². The number of benzene rings is 1. The zero-order chi connectivity index (χ0) is 17.6. The van der Waals surface area contributed by atoms with Crippen molar-refractivity contribution >= 4 is 10.0 Å². The molecule has 0 saturated carbocycles. The minimum atomic E-state index is -3.86. The van der Waals surface area contributed by atoms with Gasteiger partial charge in [0, 0.05) is 25.7 Å². The minimum Gasteiger partial charge on any atom is -0.379 e. The molecule has 1 aromatic carbocycles. The number of hydrogen-bond acceptors (Lipinski definition) is 4. The van der Waals surface area contributed by atoms with Crippen LogP contribution in [0, 0.1) is 11.7 Å². The molecule has 1 aliphatic heterocycles. The minimum absolute atomic E-state index is 0.0884. The number of morpholine rings is 1. The van der Waals surface area contributed by atoms with E-state index in [-0.39, 0.29) is 17.5 Å². The summed E-state index contributed by atoms with van der Waals surface area (Å²) in [6.07, 6.45) is 1.94. The molecular formula is C17H27FN2O3S. The SMILES string of the molecule is CCC(CC)C(CNS(=O)(=O)c1ccccc1F)N1CCOCC1. The number of sulfonamides is 1. The molecule has 1 atom stereocenters. The molecule has 0 aliphatic carbocycles. The van der Waals surface area contributed by atoms with E-state index in [4.69, 9.17) is 4.74 Å². The highest BCUT2D eigenvalue weighted by atomic mass is 32.2. The smallest absolute Gasteiger partial charge is 0.243 e. The number of ether oxygens (including phenoxy) is 1. The fraction of sp³-hybridized carbons (Fsp3) is 0.647. The summed E-state index contributed by atoms with van der Waals surface area (Å²) in [5.74, 6) is -0.345. The van der Waals surface area contributed by atoms with Gasteiger partial charge in [0.2, 0.25) is 10.0 Å². The maximum Gasteiger partial charge on any atom is 0.243 e. The summed E-state index contributed by atoms with van der Waals surface area (Å²) in [4.78, 5) is 1.99. The second kappa shape index (κ2) is 8.89. The van der Waals surface area contributed by atoms with Crippen LogP contribution in [-0.2, 0) is 14.8 Å². The average Bonchev–Trinajstić information content (AvgIpc) is 2.59. The molecule has 0 spiro atoms. The zero-order valence-corrected chi connectivity index (χ0v) is 15.2. The molecule has 136 valence electrons. The van der Waals surface area contributed by atoms with Crippen molar-refractivity contribution in [2.75, 3.05) is 32.8 Å². The largest absolute Gasteiger partial charge is 0.379 e. The molecule has 0 aromatic heterocycles. The molecular weight excluding hydrogens is 331 g/mol. The van der Waals surface area contributed by atoms with Crippen LogP contribution in [0.5, 0.6) is 0 Å². The fourth-order valence-electron chi connectivity index (χ4n) is 3.27. The monoisotopic (exact) mass is 358 g/mol. The molecule has 1 unspecified atom stereocenters. The number of hydrogen-bond donors (Lipinski definition) is 1. The summed E-state index contributed by atoms with van der Waals surface area (Å²) >= 11 is 0.